The van der Waals surface area contributed by atoms with Gasteiger partial charge in [-0.1, -0.05) is 25.5 Å². The minimum absolute atomic E-state index is 0.218. The summed E-state index contributed by atoms with van der Waals surface area (Å²) in [5.74, 6) is 0.218. The molecule has 0 unspecified atom stereocenters. The number of aliphatic hydroxyl groups is 1. The summed E-state index contributed by atoms with van der Waals surface area (Å²) in [6.07, 6.45) is 1.91. The average Bonchev–Trinajstić information content (AvgIpc) is 2.78. The van der Waals surface area contributed by atoms with E-state index in [2.05, 4.69) is 6.92 Å². The lowest BCUT2D eigenvalue weighted by atomic mass is 9.91. The van der Waals surface area contributed by atoms with Crippen LogP contribution in [0.2, 0.25) is 0 Å². The zero-order chi connectivity index (χ0) is 16.1. The fraction of sp³-hybridized carbons (Fsp3) is 0.368. The molecule has 0 radical (unpaired) electrons. The van der Waals surface area contributed by atoms with E-state index in [9.17, 15) is 10.2 Å². The van der Waals surface area contributed by atoms with Crippen LogP contribution >= 0.6 is 0 Å². The summed E-state index contributed by atoms with van der Waals surface area (Å²) < 4.78 is 6.02. The van der Waals surface area contributed by atoms with Crippen LogP contribution in [0, 0.1) is 6.92 Å². The summed E-state index contributed by atoms with van der Waals surface area (Å²) in [4.78, 5) is 0. The Hall–Kier alpha value is -2.00. The number of benzene rings is 2. The third kappa shape index (κ3) is 2.26. The van der Waals surface area contributed by atoms with Crippen LogP contribution in [0.4, 0.5) is 0 Å². The van der Waals surface area contributed by atoms with Gasteiger partial charge in [-0.25, -0.2) is 0 Å². The predicted octanol–water partition coefficient (Wildman–Crippen LogP) is 4.78. The van der Waals surface area contributed by atoms with Crippen LogP contribution < -0.4 is 0 Å². The molecular weight excluding hydrogens is 276 g/mol. The SMILES string of the molecule is CCCc1cc(O)c2c(c1)oc1c(C)ccc(C(C)(C)O)c12. The van der Waals surface area contributed by atoms with Crippen LogP contribution in [0.15, 0.2) is 28.7 Å². The molecule has 2 N–H and O–H groups in total. The summed E-state index contributed by atoms with van der Waals surface area (Å²) in [7, 11) is 0. The van der Waals surface area contributed by atoms with E-state index in [1.807, 2.05) is 25.1 Å². The third-order valence-electron chi connectivity index (χ3n) is 4.16. The highest BCUT2D eigenvalue weighted by Gasteiger charge is 2.24. The topological polar surface area (TPSA) is 53.6 Å². The second-order valence-corrected chi connectivity index (χ2v) is 6.53. The molecule has 0 amide bonds. The van der Waals surface area contributed by atoms with Gasteiger partial charge in [-0.15, -0.1) is 0 Å². The minimum atomic E-state index is -1.00. The van der Waals surface area contributed by atoms with Crippen molar-refractivity contribution >= 4 is 21.9 Å². The Morgan fingerprint density at radius 1 is 1.14 bits per heavy atom. The van der Waals surface area contributed by atoms with Crippen molar-refractivity contribution in [2.24, 2.45) is 0 Å². The maximum atomic E-state index is 10.5. The Bertz CT molecular complexity index is 851. The van der Waals surface area contributed by atoms with Gasteiger partial charge in [0.25, 0.3) is 0 Å². The number of furan rings is 1. The molecule has 0 aliphatic heterocycles. The molecule has 116 valence electrons. The van der Waals surface area contributed by atoms with Crippen LogP contribution in [-0.4, -0.2) is 10.2 Å². The van der Waals surface area contributed by atoms with Crippen molar-refractivity contribution in [3.05, 3.63) is 41.0 Å². The minimum Gasteiger partial charge on any atom is -0.507 e. The van der Waals surface area contributed by atoms with Crippen molar-refractivity contribution in [2.45, 2.75) is 46.1 Å². The fourth-order valence-corrected chi connectivity index (χ4v) is 3.11. The first-order valence-electron chi connectivity index (χ1n) is 7.73. The van der Waals surface area contributed by atoms with E-state index in [0.29, 0.717) is 11.0 Å². The second-order valence-electron chi connectivity index (χ2n) is 6.53. The Labute approximate surface area is 130 Å². The molecule has 0 bridgehead atoms. The molecule has 3 rings (SSSR count). The second kappa shape index (κ2) is 5.03. The molecule has 0 spiro atoms. The van der Waals surface area contributed by atoms with Crippen molar-refractivity contribution in [1.29, 1.82) is 0 Å². The summed E-state index contributed by atoms with van der Waals surface area (Å²) in [5.41, 5.74) is 3.24. The fourth-order valence-electron chi connectivity index (χ4n) is 3.11. The van der Waals surface area contributed by atoms with E-state index in [-0.39, 0.29) is 5.75 Å². The molecule has 1 heterocycles. The zero-order valence-electron chi connectivity index (χ0n) is 13.5. The maximum absolute atomic E-state index is 10.5. The van der Waals surface area contributed by atoms with Gasteiger partial charge in [0, 0.05) is 5.39 Å². The first-order valence-corrected chi connectivity index (χ1v) is 7.73. The monoisotopic (exact) mass is 298 g/mol. The number of hydrogen-bond acceptors (Lipinski definition) is 3. The van der Waals surface area contributed by atoms with Gasteiger partial charge in [0.1, 0.15) is 16.9 Å². The summed E-state index contributed by atoms with van der Waals surface area (Å²) >= 11 is 0. The lowest BCUT2D eigenvalue weighted by Gasteiger charge is -2.19. The van der Waals surface area contributed by atoms with Gasteiger partial charge in [0.05, 0.1) is 11.0 Å². The van der Waals surface area contributed by atoms with Crippen molar-refractivity contribution in [3.8, 4) is 5.75 Å². The van der Waals surface area contributed by atoms with Crippen LogP contribution in [0.1, 0.15) is 43.9 Å². The van der Waals surface area contributed by atoms with Crippen LogP contribution in [0.3, 0.4) is 0 Å². The highest BCUT2D eigenvalue weighted by Crippen LogP contribution is 2.42. The van der Waals surface area contributed by atoms with Gasteiger partial charge >= 0.3 is 0 Å². The van der Waals surface area contributed by atoms with E-state index in [1.54, 1.807) is 19.9 Å². The van der Waals surface area contributed by atoms with Gasteiger partial charge in [0.2, 0.25) is 0 Å². The van der Waals surface area contributed by atoms with Gasteiger partial charge in [-0.2, -0.15) is 0 Å². The normalized spacial score (nSPS) is 12.4. The molecule has 0 atom stereocenters. The van der Waals surface area contributed by atoms with Gasteiger partial charge < -0.3 is 14.6 Å². The molecule has 3 aromatic rings. The largest absolute Gasteiger partial charge is 0.507 e. The number of aryl methyl sites for hydroxylation is 2. The molecule has 1 aromatic heterocycles. The Morgan fingerprint density at radius 3 is 2.50 bits per heavy atom. The van der Waals surface area contributed by atoms with E-state index < -0.39 is 5.60 Å². The van der Waals surface area contributed by atoms with Crippen LogP contribution in [-0.2, 0) is 12.0 Å². The quantitative estimate of drug-likeness (QED) is 0.731. The third-order valence-corrected chi connectivity index (χ3v) is 4.16. The number of aromatic hydroxyl groups is 1. The predicted molar refractivity (Wildman–Crippen MR) is 89.4 cm³/mol. The van der Waals surface area contributed by atoms with E-state index in [4.69, 9.17) is 4.42 Å². The van der Waals surface area contributed by atoms with Gasteiger partial charge in [-0.3, -0.25) is 0 Å². The van der Waals surface area contributed by atoms with Crippen molar-refractivity contribution in [3.63, 3.8) is 0 Å². The standard InChI is InChI=1S/C19H22O3/c1-5-6-12-9-14(20)17-15(10-12)22-18-11(2)7-8-13(16(17)18)19(3,4)21/h7-10,20-21H,5-6H2,1-4H3. The number of hydrogen-bond donors (Lipinski definition) is 2. The highest BCUT2D eigenvalue weighted by molar-refractivity contribution is 6.11. The Morgan fingerprint density at radius 2 is 1.86 bits per heavy atom. The number of rotatable bonds is 3. The molecule has 22 heavy (non-hydrogen) atoms. The van der Waals surface area contributed by atoms with E-state index in [0.717, 1.165) is 40.5 Å². The summed E-state index contributed by atoms with van der Waals surface area (Å²) in [6, 6.07) is 7.65. The van der Waals surface area contributed by atoms with Crippen molar-refractivity contribution < 1.29 is 14.6 Å². The number of phenols is 1. The van der Waals surface area contributed by atoms with Crippen LogP contribution in [0.25, 0.3) is 21.9 Å². The molecule has 0 aliphatic carbocycles. The van der Waals surface area contributed by atoms with E-state index in [1.165, 1.54) is 0 Å². The van der Waals surface area contributed by atoms with Gasteiger partial charge in [-0.05, 0) is 56.0 Å². The molecule has 0 saturated carbocycles. The first-order chi connectivity index (χ1) is 10.3. The molecule has 3 heteroatoms. The maximum Gasteiger partial charge on any atom is 0.139 e. The lowest BCUT2D eigenvalue weighted by Crippen LogP contribution is -2.15. The number of fused-ring (bicyclic) bond motifs is 3. The summed E-state index contributed by atoms with van der Waals surface area (Å²) in [5, 5.41) is 22.5. The average molecular weight is 298 g/mol. The van der Waals surface area contributed by atoms with Crippen molar-refractivity contribution in [2.75, 3.05) is 0 Å². The number of phenolic OH excluding ortho intramolecular Hbond substituents is 1. The summed E-state index contributed by atoms with van der Waals surface area (Å²) in [6.45, 7) is 7.58. The Balaban J connectivity index is 2.45. The van der Waals surface area contributed by atoms with Crippen LogP contribution in [0.5, 0.6) is 5.75 Å². The molecular formula is C19H22O3. The molecule has 3 nitrogen and oxygen atoms in total. The molecule has 0 fully saturated rings. The molecule has 2 aromatic carbocycles. The zero-order valence-corrected chi connectivity index (χ0v) is 13.5. The smallest absolute Gasteiger partial charge is 0.139 e. The highest BCUT2D eigenvalue weighted by atomic mass is 16.3. The van der Waals surface area contributed by atoms with Gasteiger partial charge in [0.15, 0.2) is 0 Å². The lowest BCUT2D eigenvalue weighted by molar-refractivity contribution is 0.0802. The van der Waals surface area contributed by atoms with Crippen molar-refractivity contribution in [1.82, 2.24) is 0 Å². The Kier molecular flexibility index (Phi) is 3.41. The first kappa shape index (κ1) is 14.9. The van der Waals surface area contributed by atoms with E-state index >= 15 is 0 Å². The molecule has 0 aliphatic rings. The molecule has 0 saturated heterocycles.